The second-order valence-electron chi connectivity index (χ2n) is 6.65. The second kappa shape index (κ2) is 8.39. The average Bonchev–Trinajstić information content (AvgIpc) is 2.73. The number of nitrogens with zero attached hydrogens (tertiary/aromatic N) is 1. The van der Waals surface area contributed by atoms with Crippen LogP contribution < -0.4 is 0 Å². The number of allylic oxidation sites excluding steroid dienone is 2. The van der Waals surface area contributed by atoms with E-state index in [0.29, 0.717) is 31.9 Å². The summed E-state index contributed by atoms with van der Waals surface area (Å²) in [6.07, 6.45) is 1.92. The smallest absolute Gasteiger partial charge is 0.334 e. The Bertz CT molecular complexity index is 762. The average molecular weight is 371 g/mol. The first kappa shape index (κ1) is 19.2. The molecule has 2 atom stereocenters. The molecule has 6 heteroatoms. The molecule has 2 unspecified atom stereocenters. The Balaban J connectivity index is 2.17. The van der Waals surface area contributed by atoms with Gasteiger partial charge in [-0.2, -0.15) is 0 Å². The van der Waals surface area contributed by atoms with E-state index in [-0.39, 0.29) is 5.97 Å². The van der Waals surface area contributed by atoms with Crippen LogP contribution in [-0.2, 0) is 23.8 Å². The highest BCUT2D eigenvalue weighted by molar-refractivity contribution is 5.94. The largest absolute Gasteiger partial charge is 0.468 e. The molecule has 0 saturated carbocycles. The van der Waals surface area contributed by atoms with E-state index in [2.05, 4.69) is 4.90 Å². The molecule has 144 valence electrons. The van der Waals surface area contributed by atoms with Gasteiger partial charge >= 0.3 is 11.9 Å². The molecule has 1 saturated heterocycles. The zero-order chi connectivity index (χ0) is 19.4. The fourth-order valence-electron chi connectivity index (χ4n) is 3.88. The minimum atomic E-state index is -0.617. The van der Waals surface area contributed by atoms with Crippen molar-refractivity contribution in [2.24, 2.45) is 5.92 Å². The third kappa shape index (κ3) is 3.76. The van der Waals surface area contributed by atoms with Crippen molar-refractivity contribution in [2.45, 2.75) is 12.8 Å². The van der Waals surface area contributed by atoms with E-state index in [1.807, 2.05) is 43.3 Å². The maximum Gasteiger partial charge on any atom is 0.334 e. The standard InChI is InChI=1S/C21H25NO5/c1-14-13-16(22-9-11-27-12-10-22)19(21(24)26-3)18(17(14)20(23)25-2)15-7-5-4-6-8-15/h4-8,13,18-19H,9-12H2,1-3H3. The van der Waals surface area contributed by atoms with Gasteiger partial charge in [-0.3, -0.25) is 4.79 Å². The van der Waals surface area contributed by atoms with Crippen molar-refractivity contribution in [3.8, 4) is 0 Å². The molecule has 3 rings (SSSR count). The van der Waals surface area contributed by atoms with Gasteiger partial charge in [0.15, 0.2) is 0 Å². The Kier molecular flexibility index (Phi) is 5.96. The van der Waals surface area contributed by atoms with Crippen LogP contribution in [0.4, 0.5) is 0 Å². The number of hydrogen-bond acceptors (Lipinski definition) is 6. The van der Waals surface area contributed by atoms with E-state index in [1.54, 1.807) is 0 Å². The zero-order valence-corrected chi connectivity index (χ0v) is 15.9. The lowest BCUT2D eigenvalue weighted by Gasteiger charge is -2.40. The van der Waals surface area contributed by atoms with Crippen LogP contribution in [0.15, 0.2) is 53.3 Å². The number of carbonyl (C=O) groups is 2. The molecule has 1 aromatic rings. The van der Waals surface area contributed by atoms with Crippen LogP contribution in [0.3, 0.4) is 0 Å². The Morgan fingerprint density at radius 1 is 1.07 bits per heavy atom. The van der Waals surface area contributed by atoms with E-state index >= 15 is 0 Å². The van der Waals surface area contributed by atoms with Crippen LogP contribution in [0.1, 0.15) is 18.4 Å². The van der Waals surface area contributed by atoms with Gasteiger partial charge in [0.05, 0.1) is 27.4 Å². The summed E-state index contributed by atoms with van der Waals surface area (Å²) in [4.78, 5) is 27.6. The Hall–Kier alpha value is -2.60. The number of esters is 2. The molecule has 1 fully saturated rings. The summed E-state index contributed by atoms with van der Waals surface area (Å²) in [5.41, 5.74) is 3.05. The molecule has 1 aliphatic heterocycles. The lowest BCUT2D eigenvalue weighted by molar-refractivity contribution is -0.145. The second-order valence-corrected chi connectivity index (χ2v) is 6.65. The first-order chi connectivity index (χ1) is 13.1. The summed E-state index contributed by atoms with van der Waals surface area (Å²) < 4.78 is 15.6. The molecule has 1 aliphatic carbocycles. The Labute approximate surface area is 159 Å². The Morgan fingerprint density at radius 2 is 1.74 bits per heavy atom. The monoisotopic (exact) mass is 371 g/mol. The first-order valence-corrected chi connectivity index (χ1v) is 9.04. The van der Waals surface area contributed by atoms with Gasteiger partial charge in [-0.1, -0.05) is 30.3 Å². The van der Waals surface area contributed by atoms with E-state index in [4.69, 9.17) is 14.2 Å². The van der Waals surface area contributed by atoms with Crippen LogP contribution in [0.25, 0.3) is 0 Å². The summed E-state index contributed by atoms with van der Waals surface area (Å²) in [7, 11) is 2.74. The first-order valence-electron chi connectivity index (χ1n) is 9.04. The lowest BCUT2D eigenvalue weighted by Crippen LogP contribution is -2.43. The van der Waals surface area contributed by atoms with Crippen LogP contribution in [0.2, 0.25) is 0 Å². The number of ether oxygens (including phenoxy) is 3. The quantitative estimate of drug-likeness (QED) is 0.757. The molecule has 0 aromatic heterocycles. The molecular weight excluding hydrogens is 346 g/mol. The Morgan fingerprint density at radius 3 is 2.33 bits per heavy atom. The summed E-state index contributed by atoms with van der Waals surface area (Å²) in [5, 5.41) is 0. The van der Waals surface area contributed by atoms with E-state index in [1.165, 1.54) is 14.2 Å². The minimum absolute atomic E-state index is 0.365. The van der Waals surface area contributed by atoms with Gasteiger partial charge in [-0.25, -0.2) is 4.79 Å². The molecule has 0 bridgehead atoms. The summed E-state index contributed by atoms with van der Waals surface area (Å²) in [6, 6.07) is 9.58. The van der Waals surface area contributed by atoms with Gasteiger partial charge in [0.1, 0.15) is 5.92 Å². The predicted octanol–water partition coefficient (Wildman–Crippen LogP) is 2.28. The van der Waals surface area contributed by atoms with Gasteiger partial charge in [0.2, 0.25) is 0 Å². The molecule has 0 N–H and O–H groups in total. The number of hydrogen-bond donors (Lipinski definition) is 0. The maximum atomic E-state index is 12.9. The predicted molar refractivity (Wildman–Crippen MR) is 99.9 cm³/mol. The molecule has 0 amide bonds. The molecule has 1 heterocycles. The number of benzene rings is 1. The fraction of sp³-hybridized carbons (Fsp3) is 0.429. The molecular formula is C21H25NO5. The number of carbonyl (C=O) groups excluding carboxylic acids is 2. The van der Waals surface area contributed by atoms with Gasteiger partial charge in [0.25, 0.3) is 0 Å². The number of rotatable bonds is 4. The van der Waals surface area contributed by atoms with Gasteiger partial charge in [-0.05, 0) is 24.1 Å². The molecule has 0 spiro atoms. The zero-order valence-electron chi connectivity index (χ0n) is 15.9. The van der Waals surface area contributed by atoms with Crippen molar-refractivity contribution in [1.29, 1.82) is 0 Å². The van der Waals surface area contributed by atoms with Crippen LogP contribution in [0.5, 0.6) is 0 Å². The maximum absolute atomic E-state index is 12.9. The number of morpholine rings is 1. The van der Waals surface area contributed by atoms with Gasteiger partial charge in [-0.15, -0.1) is 0 Å². The van der Waals surface area contributed by atoms with Crippen LogP contribution in [0, 0.1) is 5.92 Å². The summed E-state index contributed by atoms with van der Waals surface area (Å²) >= 11 is 0. The lowest BCUT2D eigenvalue weighted by atomic mass is 9.73. The van der Waals surface area contributed by atoms with E-state index in [9.17, 15) is 9.59 Å². The molecule has 27 heavy (non-hydrogen) atoms. The highest BCUT2D eigenvalue weighted by atomic mass is 16.5. The van der Waals surface area contributed by atoms with Crippen LogP contribution in [-0.4, -0.2) is 57.4 Å². The van der Waals surface area contributed by atoms with Crippen molar-refractivity contribution in [3.63, 3.8) is 0 Å². The topological polar surface area (TPSA) is 65.1 Å². The number of methoxy groups -OCH3 is 2. The highest BCUT2D eigenvalue weighted by Crippen LogP contribution is 2.44. The van der Waals surface area contributed by atoms with Crippen molar-refractivity contribution >= 4 is 11.9 Å². The van der Waals surface area contributed by atoms with Crippen molar-refractivity contribution in [3.05, 3.63) is 58.8 Å². The van der Waals surface area contributed by atoms with E-state index in [0.717, 1.165) is 16.8 Å². The van der Waals surface area contributed by atoms with Gasteiger partial charge < -0.3 is 19.1 Å². The van der Waals surface area contributed by atoms with Crippen molar-refractivity contribution in [1.82, 2.24) is 4.90 Å². The highest BCUT2D eigenvalue weighted by Gasteiger charge is 2.43. The molecule has 0 radical (unpaired) electrons. The fourth-order valence-corrected chi connectivity index (χ4v) is 3.88. The normalized spacial score (nSPS) is 22.9. The molecule has 6 nitrogen and oxygen atoms in total. The summed E-state index contributed by atoms with van der Waals surface area (Å²) in [6.45, 7) is 4.49. The summed E-state index contributed by atoms with van der Waals surface area (Å²) in [5.74, 6) is -1.87. The molecule has 1 aromatic carbocycles. The molecule has 2 aliphatic rings. The minimum Gasteiger partial charge on any atom is -0.468 e. The van der Waals surface area contributed by atoms with Crippen molar-refractivity contribution < 1.29 is 23.8 Å². The van der Waals surface area contributed by atoms with E-state index < -0.39 is 17.8 Å². The van der Waals surface area contributed by atoms with Crippen LogP contribution >= 0.6 is 0 Å². The van der Waals surface area contributed by atoms with Crippen molar-refractivity contribution in [2.75, 3.05) is 40.5 Å². The third-order valence-electron chi connectivity index (χ3n) is 5.15. The third-order valence-corrected chi connectivity index (χ3v) is 5.15. The SMILES string of the molecule is COC(=O)C1=C(C)C=C(N2CCOCC2)C(C(=O)OC)C1c1ccccc1. The van der Waals surface area contributed by atoms with Gasteiger partial charge in [0, 0.05) is 30.3 Å².